The molecule has 0 aromatic carbocycles. The van der Waals surface area contributed by atoms with Crippen LogP contribution in [0.4, 0.5) is 0 Å². The van der Waals surface area contributed by atoms with Crippen molar-refractivity contribution in [2.75, 3.05) is 0 Å². The summed E-state index contributed by atoms with van der Waals surface area (Å²) in [5.74, 6) is 0. The minimum atomic E-state index is -1.75. The summed E-state index contributed by atoms with van der Waals surface area (Å²) in [7, 11) is 0. The van der Waals surface area contributed by atoms with Crippen LogP contribution in [-0.2, 0) is 21.1 Å². The largest absolute Gasteiger partial charge is 2.00 e. The van der Waals surface area contributed by atoms with Crippen LogP contribution < -0.4 is 0 Å². The summed E-state index contributed by atoms with van der Waals surface area (Å²) in [5, 5.41) is 33.8. The van der Waals surface area contributed by atoms with E-state index < -0.39 is 10.2 Å². The average Bonchev–Trinajstić information content (AvgIpc) is 1.78. The molecule has 0 aromatic heterocycles. The van der Waals surface area contributed by atoms with Crippen molar-refractivity contribution in [2.24, 2.45) is 0 Å². The molecule has 100 valence electrons. The minimum absolute atomic E-state index is 0. The molecule has 0 saturated carbocycles. The fourth-order valence-electron chi connectivity index (χ4n) is 0.596. The van der Waals surface area contributed by atoms with Crippen LogP contribution in [0.25, 0.3) is 5.32 Å². The van der Waals surface area contributed by atoms with E-state index >= 15 is 0 Å². The van der Waals surface area contributed by atoms with E-state index in [1.165, 1.54) is 0 Å². The van der Waals surface area contributed by atoms with Gasteiger partial charge in [0.1, 0.15) is 0 Å². The summed E-state index contributed by atoms with van der Waals surface area (Å²) >= 11 is 0. The first-order valence-electron chi connectivity index (χ1n) is 3.92. The Morgan fingerprint density at radius 3 is 0.938 bits per heavy atom. The molecule has 0 unspecified atom stereocenters. The van der Waals surface area contributed by atoms with Gasteiger partial charge in [-0.05, 0) is 0 Å². The maximum absolute atomic E-state index is 8.25. The quantitative estimate of drug-likeness (QED) is 0.492. The van der Waals surface area contributed by atoms with Gasteiger partial charge in [0.25, 0.3) is 0 Å². The van der Waals surface area contributed by atoms with Crippen molar-refractivity contribution in [3.05, 3.63) is 36.0 Å². The Balaban J connectivity index is -0.0000000700. The molecule has 0 amide bonds. The molecule has 0 spiro atoms. The first kappa shape index (κ1) is 24.3. The first-order chi connectivity index (χ1) is 6.59. The number of rotatable bonds is 2. The average molecular weight is 419 g/mol. The van der Waals surface area contributed by atoms with Crippen LogP contribution in [-0.4, -0.2) is 22.3 Å². The van der Waals surface area contributed by atoms with Crippen molar-refractivity contribution in [3.63, 3.8) is 0 Å². The van der Waals surface area contributed by atoms with Crippen molar-refractivity contribution in [2.45, 2.75) is 39.8 Å². The molecule has 0 aliphatic rings. The molecule has 10 heteroatoms. The second-order valence-corrected chi connectivity index (χ2v) is 2.78. The van der Waals surface area contributed by atoms with Crippen LogP contribution in [0.1, 0.15) is 27.7 Å². The standard InChI is InChI=1S/C6H14N.2NO3.Pt/c1-5(2)7-6(3)4;2*2-1(3)4;/h5-6H,1-4H3;;;/q3*-1;+2. The van der Waals surface area contributed by atoms with Crippen molar-refractivity contribution in [3.8, 4) is 0 Å². The van der Waals surface area contributed by atoms with Crippen molar-refractivity contribution in [1.82, 2.24) is 0 Å². The van der Waals surface area contributed by atoms with Gasteiger partial charge in [-0.25, -0.2) is 0 Å². The van der Waals surface area contributed by atoms with Crippen LogP contribution in [0.2, 0.25) is 0 Å². The Kier molecular flexibility index (Phi) is 25.1. The summed E-state index contributed by atoms with van der Waals surface area (Å²) < 4.78 is 0. The van der Waals surface area contributed by atoms with E-state index in [2.05, 4.69) is 33.0 Å². The zero-order valence-electron chi connectivity index (χ0n) is 9.26. The Morgan fingerprint density at radius 2 is 0.938 bits per heavy atom. The third-order valence-electron chi connectivity index (χ3n) is 0.596. The topological polar surface area (TPSA) is 146 Å². The summed E-state index contributed by atoms with van der Waals surface area (Å²) in [5.41, 5.74) is 0. The summed E-state index contributed by atoms with van der Waals surface area (Å²) in [6, 6.07) is 1.000. The predicted octanol–water partition coefficient (Wildman–Crippen LogP) is 1.70. The normalized spacial score (nSPS) is 7.88. The molecule has 0 heterocycles. The van der Waals surface area contributed by atoms with Crippen LogP contribution in [0.5, 0.6) is 0 Å². The van der Waals surface area contributed by atoms with Gasteiger partial charge < -0.3 is 36.0 Å². The fraction of sp³-hybridized carbons (Fsp3) is 1.00. The third kappa shape index (κ3) is 204. The van der Waals surface area contributed by atoms with Crippen LogP contribution >= 0.6 is 0 Å². The Labute approximate surface area is 107 Å². The molecule has 0 bridgehead atoms. The molecule has 0 rings (SSSR count). The fourth-order valence-corrected chi connectivity index (χ4v) is 0.596. The van der Waals surface area contributed by atoms with E-state index in [-0.39, 0.29) is 21.1 Å². The molecule has 0 aliphatic heterocycles. The molecule has 0 fully saturated rings. The molecule has 0 radical (unpaired) electrons. The Hall–Kier alpha value is -0.952. The number of nitrogens with zero attached hydrogens (tertiary/aromatic N) is 3. The summed E-state index contributed by atoms with van der Waals surface area (Å²) in [6.07, 6.45) is 0. The van der Waals surface area contributed by atoms with E-state index in [0.29, 0.717) is 12.1 Å². The molecule has 0 aromatic rings. The maximum atomic E-state index is 8.25. The van der Waals surface area contributed by atoms with E-state index in [9.17, 15) is 0 Å². The predicted molar refractivity (Wildman–Crippen MR) is 54.4 cm³/mol. The van der Waals surface area contributed by atoms with Gasteiger partial charge in [-0.15, -0.1) is 12.1 Å². The molecule has 0 atom stereocenters. The van der Waals surface area contributed by atoms with Crippen LogP contribution in [0, 0.1) is 30.6 Å². The van der Waals surface area contributed by atoms with Crippen molar-refractivity contribution in [1.29, 1.82) is 0 Å². The zero-order valence-corrected chi connectivity index (χ0v) is 11.5. The van der Waals surface area contributed by atoms with Crippen LogP contribution in [0.15, 0.2) is 0 Å². The molecule has 16 heavy (non-hydrogen) atoms. The van der Waals surface area contributed by atoms with Crippen LogP contribution in [0.3, 0.4) is 0 Å². The SMILES string of the molecule is CC(C)[N-]C(C)C.O=[N+]([O-])[O-].O=[N+]([O-])[O-].[Pt+2]. The number of hydrogen-bond donors (Lipinski definition) is 0. The molecule has 0 aliphatic carbocycles. The minimum Gasteiger partial charge on any atom is -0.658 e. The zero-order chi connectivity index (χ0) is 13.0. The first-order valence-corrected chi connectivity index (χ1v) is 3.92. The van der Waals surface area contributed by atoms with Gasteiger partial charge in [0.05, 0.1) is 10.2 Å². The molecule has 0 N–H and O–H groups in total. The molecule has 0 saturated heterocycles. The third-order valence-corrected chi connectivity index (χ3v) is 0.596. The number of hydrogen-bond acceptors (Lipinski definition) is 6. The molecular weight excluding hydrogens is 405 g/mol. The van der Waals surface area contributed by atoms with Gasteiger partial charge in [-0.2, -0.15) is 0 Å². The van der Waals surface area contributed by atoms with Gasteiger partial charge in [0, 0.05) is 0 Å². The smallest absolute Gasteiger partial charge is 0.658 e. The van der Waals surface area contributed by atoms with E-state index in [4.69, 9.17) is 30.6 Å². The Morgan fingerprint density at radius 1 is 0.812 bits per heavy atom. The molecule has 9 nitrogen and oxygen atoms in total. The summed E-state index contributed by atoms with van der Waals surface area (Å²) in [6.45, 7) is 8.39. The van der Waals surface area contributed by atoms with E-state index in [0.717, 1.165) is 0 Å². The van der Waals surface area contributed by atoms with Gasteiger partial charge in [0.15, 0.2) is 0 Å². The second-order valence-electron chi connectivity index (χ2n) is 2.78. The monoisotopic (exact) mass is 419 g/mol. The van der Waals surface area contributed by atoms with Gasteiger partial charge in [-0.3, -0.25) is 0 Å². The van der Waals surface area contributed by atoms with E-state index in [1.54, 1.807) is 0 Å². The maximum Gasteiger partial charge on any atom is 2.00 e. The van der Waals surface area contributed by atoms with Gasteiger partial charge in [-0.1, -0.05) is 27.7 Å². The summed E-state index contributed by atoms with van der Waals surface area (Å²) in [4.78, 5) is 16.5. The molecular formula is C6H14N3O6Pt-. The van der Waals surface area contributed by atoms with Crippen molar-refractivity contribution >= 4 is 0 Å². The van der Waals surface area contributed by atoms with Crippen molar-refractivity contribution < 1.29 is 31.2 Å². The second kappa shape index (κ2) is 16.5. The Bertz CT molecular complexity index is 152. The van der Waals surface area contributed by atoms with E-state index in [1.807, 2.05) is 0 Å². The van der Waals surface area contributed by atoms with Gasteiger partial charge >= 0.3 is 21.1 Å². The van der Waals surface area contributed by atoms with Gasteiger partial charge in [0.2, 0.25) is 0 Å².